The van der Waals surface area contributed by atoms with Crippen molar-refractivity contribution in [1.29, 1.82) is 0 Å². The summed E-state index contributed by atoms with van der Waals surface area (Å²) in [6, 6.07) is 3.04. The molecule has 0 radical (unpaired) electrons. The van der Waals surface area contributed by atoms with Gasteiger partial charge in [0.25, 0.3) is 0 Å². The molecule has 0 bridgehead atoms. The lowest BCUT2D eigenvalue weighted by molar-refractivity contribution is 0.0969. The van der Waals surface area contributed by atoms with Gasteiger partial charge < -0.3 is 5.73 Å². The third-order valence-electron chi connectivity index (χ3n) is 1.99. The lowest BCUT2D eigenvalue weighted by Crippen LogP contribution is -2.07. The molecule has 0 atom stereocenters. The van der Waals surface area contributed by atoms with Crippen molar-refractivity contribution < 1.29 is 4.79 Å². The van der Waals surface area contributed by atoms with Gasteiger partial charge in [-0.15, -0.1) is 0 Å². The van der Waals surface area contributed by atoms with Gasteiger partial charge in [0, 0.05) is 17.7 Å². The maximum atomic E-state index is 11.8. The van der Waals surface area contributed by atoms with E-state index >= 15 is 0 Å². The average molecular weight is 246 g/mol. The lowest BCUT2D eigenvalue weighted by Gasteiger charge is -2.08. The molecule has 0 fully saturated rings. The van der Waals surface area contributed by atoms with Crippen molar-refractivity contribution in [1.82, 2.24) is 0 Å². The van der Waals surface area contributed by atoms with Crippen LogP contribution in [0.5, 0.6) is 0 Å². The van der Waals surface area contributed by atoms with Gasteiger partial charge in [-0.1, -0.05) is 37.0 Å². The number of carbonyl (C=O) groups is 1. The van der Waals surface area contributed by atoms with E-state index in [1.54, 1.807) is 0 Å². The molecular weight excluding hydrogens is 233 g/mol. The molecule has 0 heterocycles. The fourth-order valence-corrected chi connectivity index (χ4v) is 1.62. The van der Waals surface area contributed by atoms with Crippen LogP contribution in [-0.4, -0.2) is 5.78 Å². The number of hydrogen-bond donors (Lipinski definition) is 1. The molecule has 0 aliphatic rings. The minimum Gasteiger partial charge on any atom is -0.398 e. The average Bonchev–Trinajstić information content (AvgIpc) is 2.09. The fraction of sp³-hybridized carbons (Fsp3) is 0.364. The standard InChI is InChI=1S/C11H13Cl2NO/c1-6(2)3-11(15)7-4-8(12)9(13)5-10(7)14/h4-6H,3,14H2,1-2H3. The Kier molecular flexibility index (Phi) is 4.00. The second-order valence-corrected chi connectivity index (χ2v) is 4.69. The largest absolute Gasteiger partial charge is 0.398 e. The molecule has 4 heteroatoms. The second kappa shape index (κ2) is 4.86. The molecule has 0 amide bonds. The smallest absolute Gasteiger partial charge is 0.165 e. The summed E-state index contributed by atoms with van der Waals surface area (Å²) in [5.41, 5.74) is 6.54. The van der Waals surface area contributed by atoms with Crippen LogP contribution in [0.15, 0.2) is 12.1 Å². The molecule has 0 aromatic heterocycles. The predicted molar refractivity (Wildman–Crippen MR) is 64.7 cm³/mol. The third kappa shape index (κ3) is 3.11. The van der Waals surface area contributed by atoms with Crippen LogP contribution in [0.2, 0.25) is 10.0 Å². The second-order valence-electron chi connectivity index (χ2n) is 3.87. The first-order valence-electron chi connectivity index (χ1n) is 4.69. The number of benzene rings is 1. The zero-order valence-electron chi connectivity index (χ0n) is 8.68. The number of rotatable bonds is 3. The van der Waals surface area contributed by atoms with Gasteiger partial charge in [-0.2, -0.15) is 0 Å². The van der Waals surface area contributed by atoms with Crippen molar-refractivity contribution in [2.24, 2.45) is 5.92 Å². The van der Waals surface area contributed by atoms with E-state index in [0.717, 1.165) is 0 Å². The van der Waals surface area contributed by atoms with Gasteiger partial charge in [-0.25, -0.2) is 0 Å². The van der Waals surface area contributed by atoms with Crippen molar-refractivity contribution in [3.8, 4) is 0 Å². The number of anilines is 1. The molecule has 0 aliphatic carbocycles. The summed E-state index contributed by atoms with van der Waals surface area (Å²) >= 11 is 11.6. The minimum atomic E-state index is 0.000988. The van der Waals surface area contributed by atoms with Crippen LogP contribution in [-0.2, 0) is 0 Å². The van der Waals surface area contributed by atoms with Crippen LogP contribution in [0.4, 0.5) is 5.69 Å². The first-order valence-corrected chi connectivity index (χ1v) is 5.45. The Bertz CT molecular complexity index is 388. The molecule has 0 aliphatic heterocycles. The highest BCUT2D eigenvalue weighted by molar-refractivity contribution is 6.42. The summed E-state index contributed by atoms with van der Waals surface area (Å²) in [5, 5.41) is 0.730. The van der Waals surface area contributed by atoms with Crippen LogP contribution in [0.3, 0.4) is 0 Å². The van der Waals surface area contributed by atoms with Gasteiger partial charge in [-0.05, 0) is 18.1 Å². The number of ketones is 1. The Labute approximate surface area is 99.4 Å². The Morgan fingerprint density at radius 1 is 1.33 bits per heavy atom. The van der Waals surface area contributed by atoms with Crippen molar-refractivity contribution >= 4 is 34.7 Å². The van der Waals surface area contributed by atoms with E-state index in [0.29, 0.717) is 33.6 Å². The molecule has 2 nitrogen and oxygen atoms in total. The zero-order valence-corrected chi connectivity index (χ0v) is 10.2. The fourth-order valence-electron chi connectivity index (χ4n) is 1.28. The molecule has 82 valence electrons. The summed E-state index contributed by atoms with van der Waals surface area (Å²) in [7, 11) is 0. The Morgan fingerprint density at radius 2 is 1.87 bits per heavy atom. The lowest BCUT2D eigenvalue weighted by atomic mass is 10.00. The summed E-state index contributed by atoms with van der Waals surface area (Å²) in [6.45, 7) is 3.96. The number of hydrogen-bond acceptors (Lipinski definition) is 2. The highest BCUT2D eigenvalue weighted by Crippen LogP contribution is 2.28. The van der Waals surface area contributed by atoms with Gasteiger partial charge >= 0.3 is 0 Å². The zero-order chi connectivity index (χ0) is 11.6. The molecule has 2 N–H and O–H groups in total. The topological polar surface area (TPSA) is 43.1 Å². The number of nitrogens with two attached hydrogens (primary N) is 1. The van der Waals surface area contributed by atoms with Gasteiger partial charge in [0.15, 0.2) is 5.78 Å². The maximum Gasteiger partial charge on any atom is 0.165 e. The van der Waals surface area contributed by atoms with E-state index < -0.39 is 0 Å². The van der Waals surface area contributed by atoms with Crippen molar-refractivity contribution in [2.45, 2.75) is 20.3 Å². The molecular formula is C11H13Cl2NO. The normalized spacial score (nSPS) is 10.7. The van der Waals surface area contributed by atoms with Gasteiger partial charge in [0.1, 0.15) is 0 Å². The molecule has 0 spiro atoms. The van der Waals surface area contributed by atoms with Gasteiger partial charge in [0.05, 0.1) is 10.0 Å². The summed E-state index contributed by atoms with van der Waals surface area (Å²) in [6.07, 6.45) is 0.460. The number of halogens is 2. The molecule has 1 aromatic carbocycles. The van der Waals surface area contributed by atoms with Crippen LogP contribution in [0.25, 0.3) is 0 Å². The van der Waals surface area contributed by atoms with E-state index in [4.69, 9.17) is 28.9 Å². The highest BCUT2D eigenvalue weighted by atomic mass is 35.5. The predicted octanol–water partition coefficient (Wildman–Crippen LogP) is 3.80. The van der Waals surface area contributed by atoms with E-state index in [2.05, 4.69) is 0 Å². The first kappa shape index (κ1) is 12.3. The van der Waals surface area contributed by atoms with Crippen LogP contribution in [0.1, 0.15) is 30.6 Å². The molecule has 0 unspecified atom stereocenters. The quantitative estimate of drug-likeness (QED) is 0.651. The molecule has 0 saturated carbocycles. The SMILES string of the molecule is CC(C)CC(=O)c1cc(Cl)c(Cl)cc1N. The summed E-state index contributed by atoms with van der Waals surface area (Å²) in [5.74, 6) is 0.299. The number of nitrogen functional groups attached to an aromatic ring is 1. The van der Waals surface area contributed by atoms with E-state index in [1.807, 2.05) is 13.8 Å². The highest BCUT2D eigenvalue weighted by Gasteiger charge is 2.13. The van der Waals surface area contributed by atoms with Gasteiger partial charge in [-0.3, -0.25) is 4.79 Å². The van der Waals surface area contributed by atoms with Crippen molar-refractivity contribution in [3.05, 3.63) is 27.7 Å². The monoisotopic (exact) mass is 245 g/mol. The third-order valence-corrected chi connectivity index (χ3v) is 2.71. The summed E-state index contributed by atoms with van der Waals surface area (Å²) in [4.78, 5) is 11.8. The minimum absolute atomic E-state index is 0.000988. The Morgan fingerprint density at radius 3 is 2.40 bits per heavy atom. The van der Waals surface area contributed by atoms with Gasteiger partial charge in [0.2, 0.25) is 0 Å². The van der Waals surface area contributed by atoms with Crippen LogP contribution < -0.4 is 5.73 Å². The maximum absolute atomic E-state index is 11.8. The Hall–Kier alpha value is -0.730. The molecule has 1 rings (SSSR count). The van der Waals surface area contributed by atoms with E-state index in [9.17, 15) is 4.79 Å². The number of carbonyl (C=O) groups excluding carboxylic acids is 1. The number of Topliss-reactive ketones (excluding diaryl/α,β-unsaturated/α-hetero) is 1. The molecule has 1 aromatic rings. The van der Waals surface area contributed by atoms with Crippen LogP contribution >= 0.6 is 23.2 Å². The summed E-state index contributed by atoms with van der Waals surface area (Å²) < 4.78 is 0. The van der Waals surface area contributed by atoms with E-state index in [-0.39, 0.29) is 5.78 Å². The van der Waals surface area contributed by atoms with Crippen molar-refractivity contribution in [3.63, 3.8) is 0 Å². The van der Waals surface area contributed by atoms with Crippen LogP contribution in [0, 0.1) is 5.92 Å². The van der Waals surface area contributed by atoms with E-state index in [1.165, 1.54) is 12.1 Å². The first-order chi connectivity index (χ1) is 6.91. The Balaban J connectivity index is 3.04. The molecule has 15 heavy (non-hydrogen) atoms. The molecule has 0 saturated heterocycles. The van der Waals surface area contributed by atoms with Crippen molar-refractivity contribution in [2.75, 3.05) is 5.73 Å².